The van der Waals surface area contributed by atoms with Gasteiger partial charge in [-0.2, -0.15) is 4.52 Å². The van der Waals surface area contributed by atoms with Gasteiger partial charge in [0.2, 0.25) is 5.88 Å². The average molecular weight is 325 g/mol. The number of rotatable bonds is 4. The third-order valence-corrected chi connectivity index (χ3v) is 4.25. The van der Waals surface area contributed by atoms with Gasteiger partial charge in [-0.1, -0.05) is 0 Å². The van der Waals surface area contributed by atoms with Crippen LogP contribution in [0.15, 0.2) is 30.7 Å². The normalized spacial score (nSPS) is 18.0. The Bertz CT molecular complexity index is 820. The first kappa shape index (κ1) is 14.8. The van der Waals surface area contributed by atoms with E-state index in [1.165, 1.54) is 0 Å². The highest BCUT2D eigenvalue weighted by molar-refractivity contribution is 5.46. The molecular weight excluding hydrogens is 306 g/mol. The van der Waals surface area contributed by atoms with Crippen LogP contribution < -0.4 is 9.64 Å². The maximum Gasteiger partial charge on any atom is 0.232 e. The van der Waals surface area contributed by atoms with Crippen molar-refractivity contribution in [2.24, 2.45) is 5.92 Å². The van der Waals surface area contributed by atoms with Gasteiger partial charge in [0, 0.05) is 31.4 Å². The third kappa shape index (κ3) is 2.99. The number of aromatic nitrogens is 6. The lowest BCUT2D eigenvalue weighted by Crippen LogP contribution is -2.38. The summed E-state index contributed by atoms with van der Waals surface area (Å²) < 4.78 is 7.55. The molecule has 1 saturated heterocycles. The second-order valence-corrected chi connectivity index (χ2v) is 6.02. The van der Waals surface area contributed by atoms with E-state index in [4.69, 9.17) is 4.74 Å². The Morgan fingerprint density at radius 3 is 3.08 bits per heavy atom. The molecule has 4 heterocycles. The predicted molar refractivity (Wildman–Crippen MR) is 88.0 cm³/mol. The highest BCUT2D eigenvalue weighted by atomic mass is 16.5. The number of nitrogens with zero attached hydrogens (tertiary/aromatic N) is 7. The second kappa shape index (κ2) is 6.38. The summed E-state index contributed by atoms with van der Waals surface area (Å²) in [6.45, 7) is 4.47. The van der Waals surface area contributed by atoms with Crippen molar-refractivity contribution in [2.75, 3.05) is 24.6 Å². The lowest BCUT2D eigenvalue weighted by atomic mass is 9.99. The molecule has 3 aromatic rings. The average Bonchev–Trinajstić information content (AvgIpc) is 3.02. The summed E-state index contributed by atoms with van der Waals surface area (Å²) in [5.41, 5.74) is 0.774. The zero-order valence-corrected chi connectivity index (χ0v) is 13.5. The molecule has 1 aliphatic heterocycles. The van der Waals surface area contributed by atoms with Gasteiger partial charge in [-0.05, 0) is 31.9 Å². The Kier molecular flexibility index (Phi) is 3.94. The number of piperidine rings is 1. The van der Waals surface area contributed by atoms with Crippen LogP contribution in [-0.4, -0.2) is 49.5 Å². The maximum atomic E-state index is 5.76. The number of fused-ring (bicyclic) bond motifs is 1. The van der Waals surface area contributed by atoms with Crippen LogP contribution >= 0.6 is 0 Å². The molecule has 0 N–H and O–H groups in total. The topological polar surface area (TPSA) is 81.3 Å². The van der Waals surface area contributed by atoms with E-state index >= 15 is 0 Å². The summed E-state index contributed by atoms with van der Waals surface area (Å²) in [6.07, 6.45) is 7.19. The number of anilines is 1. The lowest BCUT2D eigenvalue weighted by Gasteiger charge is -2.33. The Morgan fingerprint density at radius 1 is 1.25 bits per heavy atom. The summed E-state index contributed by atoms with van der Waals surface area (Å²) >= 11 is 0. The second-order valence-electron chi connectivity index (χ2n) is 6.02. The monoisotopic (exact) mass is 325 g/mol. The van der Waals surface area contributed by atoms with Crippen LogP contribution in [0.5, 0.6) is 5.88 Å². The smallest absolute Gasteiger partial charge is 0.232 e. The van der Waals surface area contributed by atoms with Crippen molar-refractivity contribution in [1.29, 1.82) is 0 Å². The molecule has 24 heavy (non-hydrogen) atoms. The highest BCUT2D eigenvalue weighted by Crippen LogP contribution is 2.22. The van der Waals surface area contributed by atoms with Crippen molar-refractivity contribution in [3.63, 3.8) is 0 Å². The first-order valence-corrected chi connectivity index (χ1v) is 8.12. The first-order valence-electron chi connectivity index (χ1n) is 8.12. The van der Waals surface area contributed by atoms with E-state index in [2.05, 4.69) is 30.2 Å². The molecule has 1 atom stereocenters. The van der Waals surface area contributed by atoms with Crippen molar-refractivity contribution >= 4 is 11.5 Å². The summed E-state index contributed by atoms with van der Waals surface area (Å²) in [6, 6.07) is 3.97. The lowest BCUT2D eigenvalue weighted by molar-refractivity contribution is 0.220. The summed E-state index contributed by atoms with van der Waals surface area (Å²) in [4.78, 5) is 10.5. The van der Waals surface area contributed by atoms with Crippen molar-refractivity contribution < 1.29 is 4.74 Å². The van der Waals surface area contributed by atoms with Crippen LogP contribution in [0.25, 0.3) is 5.65 Å². The highest BCUT2D eigenvalue weighted by Gasteiger charge is 2.22. The molecule has 124 valence electrons. The molecule has 3 aromatic heterocycles. The van der Waals surface area contributed by atoms with Gasteiger partial charge < -0.3 is 9.64 Å². The van der Waals surface area contributed by atoms with E-state index in [0.717, 1.165) is 43.2 Å². The Morgan fingerprint density at radius 2 is 2.21 bits per heavy atom. The zero-order chi connectivity index (χ0) is 16.4. The molecule has 1 fully saturated rings. The van der Waals surface area contributed by atoms with E-state index in [1.54, 1.807) is 23.1 Å². The van der Waals surface area contributed by atoms with E-state index in [9.17, 15) is 0 Å². The van der Waals surface area contributed by atoms with Crippen molar-refractivity contribution in [3.05, 3.63) is 36.5 Å². The fourth-order valence-corrected chi connectivity index (χ4v) is 3.03. The molecule has 0 aromatic carbocycles. The molecule has 0 amide bonds. The molecule has 0 aliphatic carbocycles. The largest absolute Gasteiger partial charge is 0.476 e. The van der Waals surface area contributed by atoms with E-state index in [1.807, 2.05) is 19.1 Å². The minimum atomic E-state index is 0.445. The molecule has 0 spiro atoms. The predicted octanol–water partition coefficient (Wildman–Crippen LogP) is 1.52. The van der Waals surface area contributed by atoms with Gasteiger partial charge in [0.05, 0.1) is 12.8 Å². The number of aryl methyl sites for hydroxylation is 1. The van der Waals surface area contributed by atoms with E-state index in [0.29, 0.717) is 18.4 Å². The van der Waals surface area contributed by atoms with Gasteiger partial charge in [-0.25, -0.2) is 4.98 Å². The van der Waals surface area contributed by atoms with E-state index in [-0.39, 0.29) is 0 Å². The van der Waals surface area contributed by atoms with Crippen LogP contribution in [0.1, 0.15) is 18.7 Å². The van der Waals surface area contributed by atoms with Crippen molar-refractivity contribution in [1.82, 2.24) is 29.8 Å². The summed E-state index contributed by atoms with van der Waals surface area (Å²) in [7, 11) is 0. The maximum absolute atomic E-state index is 5.76. The van der Waals surface area contributed by atoms with Gasteiger partial charge in [0.25, 0.3) is 0 Å². The molecule has 8 nitrogen and oxygen atoms in total. The standard InChI is InChI=1S/C16H19N7O/c1-12-19-20-14-4-5-15(21-23(12)14)22-8-2-3-13(10-22)11-24-16-9-17-6-7-18-16/h4-7,9,13H,2-3,8,10-11H2,1H3. The summed E-state index contributed by atoms with van der Waals surface area (Å²) in [5, 5.41) is 12.8. The van der Waals surface area contributed by atoms with Gasteiger partial charge in [-0.15, -0.1) is 15.3 Å². The fourth-order valence-electron chi connectivity index (χ4n) is 3.03. The number of ether oxygens (including phenoxy) is 1. The third-order valence-electron chi connectivity index (χ3n) is 4.25. The Balaban J connectivity index is 1.44. The molecule has 0 saturated carbocycles. The van der Waals surface area contributed by atoms with Crippen LogP contribution in [-0.2, 0) is 0 Å². The van der Waals surface area contributed by atoms with Gasteiger partial charge in [-0.3, -0.25) is 4.98 Å². The fraction of sp³-hybridized carbons (Fsp3) is 0.438. The Hall–Kier alpha value is -2.77. The van der Waals surface area contributed by atoms with Gasteiger partial charge in [0.1, 0.15) is 5.82 Å². The SMILES string of the molecule is Cc1nnc2ccc(N3CCCC(COc4cnccn4)C3)nn12. The van der Waals surface area contributed by atoms with Gasteiger partial charge >= 0.3 is 0 Å². The van der Waals surface area contributed by atoms with Crippen molar-refractivity contribution in [3.8, 4) is 5.88 Å². The minimum Gasteiger partial charge on any atom is -0.476 e. The van der Waals surface area contributed by atoms with E-state index < -0.39 is 0 Å². The number of hydrogen-bond acceptors (Lipinski definition) is 7. The molecule has 1 unspecified atom stereocenters. The van der Waals surface area contributed by atoms with Gasteiger partial charge in [0.15, 0.2) is 11.5 Å². The molecule has 4 rings (SSSR count). The molecule has 1 aliphatic rings. The van der Waals surface area contributed by atoms with Crippen LogP contribution in [0.4, 0.5) is 5.82 Å². The van der Waals surface area contributed by atoms with Crippen LogP contribution in [0, 0.1) is 12.8 Å². The van der Waals surface area contributed by atoms with Crippen LogP contribution in [0.3, 0.4) is 0 Å². The summed E-state index contributed by atoms with van der Waals surface area (Å²) in [5.74, 6) is 2.77. The van der Waals surface area contributed by atoms with Crippen LogP contribution in [0.2, 0.25) is 0 Å². The zero-order valence-electron chi connectivity index (χ0n) is 13.5. The van der Waals surface area contributed by atoms with Crippen molar-refractivity contribution in [2.45, 2.75) is 19.8 Å². The molecule has 0 bridgehead atoms. The first-order chi connectivity index (χ1) is 11.8. The molecule has 0 radical (unpaired) electrons. The molecular formula is C16H19N7O. The Labute approximate surface area is 139 Å². The minimum absolute atomic E-state index is 0.445. The number of hydrogen-bond donors (Lipinski definition) is 0. The molecule has 8 heteroatoms. The quantitative estimate of drug-likeness (QED) is 0.719.